The number of hydrogen-bond donors (Lipinski definition) is 2. The number of nitrogens with one attached hydrogen (secondary N) is 2. The summed E-state index contributed by atoms with van der Waals surface area (Å²) in [6, 6.07) is 1.41. The second-order valence-corrected chi connectivity index (χ2v) is 5.27. The topological polar surface area (TPSA) is 54.2 Å². The Bertz CT molecular complexity index is 636. The van der Waals surface area contributed by atoms with E-state index >= 15 is 0 Å². The normalized spacial score (nSPS) is 23.4. The summed E-state index contributed by atoms with van der Waals surface area (Å²) in [5.41, 5.74) is -0.573. The van der Waals surface area contributed by atoms with E-state index in [9.17, 15) is 13.2 Å². The minimum atomic E-state index is -4.46. The van der Waals surface area contributed by atoms with Gasteiger partial charge in [-0.2, -0.15) is 18.3 Å². The monoisotopic (exact) mass is 299 g/mol. The Labute approximate surface area is 119 Å². The molecular weight excluding hydrogens is 283 g/mol. The molecule has 21 heavy (non-hydrogen) atoms. The Balaban J connectivity index is 1.93. The number of halogens is 3. The Hall–Kier alpha value is -1.83. The molecule has 1 aliphatic rings. The van der Waals surface area contributed by atoms with Crippen molar-refractivity contribution in [3.8, 4) is 0 Å². The first-order valence-corrected chi connectivity index (χ1v) is 6.86. The standard InChI is InChI=1S/C13H16F3N5/c1-8-9(3-2-4-17-8)19-12-10-7-11(13(14,15)16)20-21(10)6-5-18-12/h5-9,17H,2-4H2,1H3,(H,18,19). The van der Waals surface area contributed by atoms with E-state index in [0.717, 1.165) is 25.5 Å². The van der Waals surface area contributed by atoms with Gasteiger partial charge in [0.15, 0.2) is 11.5 Å². The fourth-order valence-corrected chi connectivity index (χ4v) is 2.59. The minimum absolute atomic E-state index is 0.140. The van der Waals surface area contributed by atoms with Crippen molar-refractivity contribution in [3.05, 3.63) is 24.2 Å². The highest BCUT2D eigenvalue weighted by Gasteiger charge is 2.34. The van der Waals surface area contributed by atoms with Gasteiger partial charge in [0.25, 0.3) is 0 Å². The highest BCUT2D eigenvalue weighted by atomic mass is 19.4. The fourth-order valence-electron chi connectivity index (χ4n) is 2.59. The van der Waals surface area contributed by atoms with Crippen LogP contribution >= 0.6 is 0 Å². The van der Waals surface area contributed by atoms with Crippen molar-refractivity contribution in [2.75, 3.05) is 11.9 Å². The summed E-state index contributed by atoms with van der Waals surface area (Å²) in [5, 5.41) is 10.1. The van der Waals surface area contributed by atoms with Crippen molar-refractivity contribution in [1.82, 2.24) is 19.9 Å². The van der Waals surface area contributed by atoms with Crippen LogP contribution < -0.4 is 10.6 Å². The molecule has 0 spiro atoms. The molecule has 2 N–H and O–H groups in total. The van der Waals surface area contributed by atoms with Gasteiger partial charge in [-0.05, 0) is 26.3 Å². The molecule has 5 nitrogen and oxygen atoms in total. The van der Waals surface area contributed by atoms with E-state index in [1.54, 1.807) is 0 Å². The first kappa shape index (κ1) is 14.1. The molecule has 0 aromatic carbocycles. The van der Waals surface area contributed by atoms with Gasteiger partial charge in [-0.25, -0.2) is 9.50 Å². The van der Waals surface area contributed by atoms with E-state index in [4.69, 9.17) is 0 Å². The zero-order chi connectivity index (χ0) is 15.0. The molecule has 3 rings (SSSR count). The van der Waals surface area contributed by atoms with Crippen LogP contribution in [0.15, 0.2) is 18.5 Å². The predicted octanol–water partition coefficient (Wildman–Crippen LogP) is 2.30. The van der Waals surface area contributed by atoms with Gasteiger partial charge >= 0.3 is 6.18 Å². The van der Waals surface area contributed by atoms with Crippen LogP contribution in [0, 0.1) is 0 Å². The zero-order valence-electron chi connectivity index (χ0n) is 11.5. The molecule has 0 saturated carbocycles. The summed E-state index contributed by atoms with van der Waals surface area (Å²) in [7, 11) is 0. The molecule has 1 saturated heterocycles. The van der Waals surface area contributed by atoms with E-state index < -0.39 is 11.9 Å². The molecule has 2 unspecified atom stereocenters. The molecule has 8 heteroatoms. The van der Waals surface area contributed by atoms with Crippen LogP contribution in [0.5, 0.6) is 0 Å². The summed E-state index contributed by atoms with van der Waals surface area (Å²) in [6.07, 6.45) is 0.389. The summed E-state index contributed by atoms with van der Waals surface area (Å²) in [6.45, 7) is 3.01. The molecule has 2 aromatic rings. The molecule has 0 bridgehead atoms. The third-order valence-corrected chi connectivity index (χ3v) is 3.76. The molecule has 0 amide bonds. The number of rotatable bonds is 2. The highest BCUT2D eigenvalue weighted by Crippen LogP contribution is 2.30. The van der Waals surface area contributed by atoms with E-state index in [2.05, 4.69) is 27.6 Å². The van der Waals surface area contributed by atoms with Crippen LogP contribution in [0.2, 0.25) is 0 Å². The van der Waals surface area contributed by atoms with Crippen LogP contribution in [-0.2, 0) is 6.18 Å². The Morgan fingerprint density at radius 3 is 2.95 bits per heavy atom. The van der Waals surface area contributed by atoms with E-state index in [1.807, 2.05) is 0 Å². The van der Waals surface area contributed by atoms with Crippen molar-refractivity contribution in [3.63, 3.8) is 0 Å². The van der Waals surface area contributed by atoms with Gasteiger partial charge in [0.2, 0.25) is 0 Å². The lowest BCUT2D eigenvalue weighted by molar-refractivity contribution is -0.141. The number of alkyl halides is 3. The molecule has 3 heterocycles. The van der Waals surface area contributed by atoms with Crippen molar-refractivity contribution < 1.29 is 13.2 Å². The maximum absolute atomic E-state index is 12.8. The Morgan fingerprint density at radius 1 is 1.43 bits per heavy atom. The molecule has 1 fully saturated rings. The quantitative estimate of drug-likeness (QED) is 0.893. The molecule has 1 aliphatic heterocycles. The third-order valence-electron chi connectivity index (χ3n) is 3.76. The van der Waals surface area contributed by atoms with E-state index in [1.165, 1.54) is 16.9 Å². The zero-order valence-corrected chi connectivity index (χ0v) is 11.5. The van der Waals surface area contributed by atoms with Crippen molar-refractivity contribution in [2.24, 2.45) is 0 Å². The lowest BCUT2D eigenvalue weighted by Gasteiger charge is -2.31. The second-order valence-electron chi connectivity index (χ2n) is 5.27. The van der Waals surface area contributed by atoms with E-state index in [-0.39, 0.29) is 12.1 Å². The molecular formula is C13H16F3N5. The largest absolute Gasteiger partial charge is 0.435 e. The number of nitrogens with zero attached hydrogens (tertiary/aromatic N) is 3. The average molecular weight is 299 g/mol. The van der Waals surface area contributed by atoms with Gasteiger partial charge in [0.05, 0.1) is 0 Å². The number of aromatic nitrogens is 3. The number of anilines is 1. The van der Waals surface area contributed by atoms with Gasteiger partial charge in [0.1, 0.15) is 5.52 Å². The van der Waals surface area contributed by atoms with Gasteiger partial charge in [-0.1, -0.05) is 0 Å². The first-order valence-electron chi connectivity index (χ1n) is 6.86. The SMILES string of the molecule is CC1NCCCC1Nc1nccn2nc(C(F)(F)F)cc12. The lowest BCUT2D eigenvalue weighted by Crippen LogP contribution is -2.46. The Kier molecular flexibility index (Phi) is 3.48. The Morgan fingerprint density at radius 2 is 2.24 bits per heavy atom. The summed E-state index contributed by atoms with van der Waals surface area (Å²) in [5.74, 6) is 0.432. The van der Waals surface area contributed by atoms with Crippen LogP contribution in [0.3, 0.4) is 0 Å². The third kappa shape index (κ3) is 2.80. The van der Waals surface area contributed by atoms with Crippen molar-refractivity contribution in [1.29, 1.82) is 0 Å². The summed E-state index contributed by atoms with van der Waals surface area (Å²) < 4.78 is 39.5. The molecule has 0 radical (unpaired) electrons. The maximum atomic E-state index is 12.8. The molecule has 0 aliphatic carbocycles. The second kappa shape index (κ2) is 5.18. The number of hydrogen-bond acceptors (Lipinski definition) is 4. The predicted molar refractivity (Wildman–Crippen MR) is 72.1 cm³/mol. The van der Waals surface area contributed by atoms with Gasteiger partial charge < -0.3 is 10.6 Å². The molecule has 2 atom stereocenters. The molecule has 2 aromatic heterocycles. The summed E-state index contributed by atoms with van der Waals surface area (Å²) in [4.78, 5) is 4.16. The van der Waals surface area contributed by atoms with Gasteiger partial charge in [-0.15, -0.1) is 0 Å². The number of fused-ring (bicyclic) bond motifs is 1. The van der Waals surface area contributed by atoms with Crippen LogP contribution in [0.25, 0.3) is 5.52 Å². The van der Waals surface area contributed by atoms with Gasteiger partial charge in [-0.3, -0.25) is 0 Å². The van der Waals surface area contributed by atoms with E-state index in [0.29, 0.717) is 11.3 Å². The lowest BCUT2D eigenvalue weighted by atomic mass is 10.00. The molecule has 114 valence electrons. The summed E-state index contributed by atoms with van der Waals surface area (Å²) >= 11 is 0. The average Bonchev–Trinajstić information content (AvgIpc) is 2.86. The number of piperidine rings is 1. The highest BCUT2D eigenvalue weighted by molar-refractivity contribution is 5.68. The van der Waals surface area contributed by atoms with Crippen LogP contribution in [-0.4, -0.2) is 33.2 Å². The van der Waals surface area contributed by atoms with Crippen LogP contribution in [0.4, 0.5) is 19.0 Å². The van der Waals surface area contributed by atoms with Crippen molar-refractivity contribution >= 4 is 11.3 Å². The minimum Gasteiger partial charge on any atom is -0.364 e. The van der Waals surface area contributed by atoms with Gasteiger partial charge in [0, 0.05) is 30.5 Å². The maximum Gasteiger partial charge on any atom is 0.435 e. The van der Waals surface area contributed by atoms with Crippen LogP contribution in [0.1, 0.15) is 25.5 Å². The fraction of sp³-hybridized carbons (Fsp3) is 0.538. The van der Waals surface area contributed by atoms with Crippen molar-refractivity contribution in [2.45, 2.75) is 38.0 Å². The smallest absolute Gasteiger partial charge is 0.364 e. The first-order chi connectivity index (χ1) is 9.95.